The lowest BCUT2D eigenvalue weighted by Crippen LogP contribution is -2.36. The van der Waals surface area contributed by atoms with Crippen LogP contribution in [0.15, 0.2) is 58.4 Å². The highest BCUT2D eigenvalue weighted by Gasteiger charge is 2.31. The van der Waals surface area contributed by atoms with E-state index in [1.165, 1.54) is 6.07 Å². The van der Waals surface area contributed by atoms with E-state index in [9.17, 15) is 13.2 Å². The molecule has 0 saturated heterocycles. The molecule has 1 aliphatic heterocycles. The van der Waals surface area contributed by atoms with Gasteiger partial charge in [-0.05, 0) is 42.7 Å². The summed E-state index contributed by atoms with van der Waals surface area (Å²) < 4.78 is 32.2. The van der Waals surface area contributed by atoms with Crippen molar-refractivity contribution in [3.05, 3.63) is 59.7 Å². The molecule has 1 atom stereocenters. The second-order valence-corrected chi connectivity index (χ2v) is 8.78. The molecule has 0 spiro atoms. The summed E-state index contributed by atoms with van der Waals surface area (Å²) in [4.78, 5) is 17.5. The first kappa shape index (κ1) is 21.8. The van der Waals surface area contributed by atoms with Crippen LogP contribution in [0.2, 0.25) is 0 Å². The van der Waals surface area contributed by atoms with Crippen LogP contribution < -0.4 is 14.8 Å². The first-order valence-electron chi connectivity index (χ1n) is 10.0. The third kappa shape index (κ3) is 5.18. The molecule has 8 heteroatoms. The number of hydrogen-bond donors (Lipinski definition) is 2. The molecule has 160 valence electrons. The number of hydrogen-bond acceptors (Lipinski definition) is 5. The van der Waals surface area contributed by atoms with Crippen molar-refractivity contribution in [3.63, 3.8) is 0 Å². The number of unbranched alkanes of at least 4 members (excludes halogenated alkanes) is 1. The van der Waals surface area contributed by atoms with Crippen molar-refractivity contribution in [1.82, 2.24) is 10.0 Å². The Bertz CT molecular complexity index is 1020. The van der Waals surface area contributed by atoms with Crippen LogP contribution in [-0.2, 0) is 21.2 Å². The molecule has 30 heavy (non-hydrogen) atoms. The smallest absolute Gasteiger partial charge is 0.263 e. The van der Waals surface area contributed by atoms with Crippen LogP contribution >= 0.6 is 0 Å². The van der Waals surface area contributed by atoms with E-state index in [2.05, 4.69) is 15.0 Å². The average Bonchev–Trinajstić information content (AvgIpc) is 3.01. The maximum Gasteiger partial charge on any atom is 0.263 e. The molecule has 3 rings (SSSR count). The Labute approximate surface area is 177 Å². The van der Waals surface area contributed by atoms with Gasteiger partial charge in [-0.15, -0.1) is 0 Å². The normalized spacial score (nSPS) is 16.5. The fourth-order valence-electron chi connectivity index (χ4n) is 3.28. The van der Waals surface area contributed by atoms with Gasteiger partial charge >= 0.3 is 0 Å². The maximum atomic E-state index is 12.8. The third-order valence-corrected chi connectivity index (χ3v) is 6.35. The molecule has 2 aromatic carbocycles. The highest BCUT2D eigenvalue weighted by Crippen LogP contribution is 2.23. The van der Waals surface area contributed by atoms with E-state index in [0.717, 1.165) is 24.2 Å². The van der Waals surface area contributed by atoms with Gasteiger partial charge in [0.25, 0.3) is 10.0 Å². The number of carbonyl (C=O) groups is 1. The Kier molecular flexibility index (Phi) is 7.10. The van der Waals surface area contributed by atoms with Crippen LogP contribution in [0.25, 0.3) is 0 Å². The Morgan fingerprint density at radius 2 is 1.90 bits per heavy atom. The Morgan fingerprint density at radius 1 is 1.17 bits per heavy atom. The number of amides is 1. The number of fused-ring (bicyclic) bond motifs is 1. The fourth-order valence-corrected chi connectivity index (χ4v) is 4.52. The molecule has 1 heterocycles. The van der Waals surface area contributed by atoms with E-state index in [1.807, 2.05) is 31.2 Å². The van der Waals surface area contributed by atoms with E-state index in [0.29, 0.717) is 24.9 Å². The number of benzene rings is 2. The van der Waals surface area contributed by atoms with Gasteiger partial charge in [0.15, 0.2) is 0 Å². The standard InChI is InChI=1S/C22H27N3O4S/c1-3-4-8-19(22(26)23-15-14-16-10-12-17(29-2)13-11-16)24-21-18-7-5-6-9-20(18)30(27,28)25-21/h5-7,9-13,19H,3-4,8,14-15H2,1-2H3,(H,23,26)(H,24,25). The summed E-state index contributed by atoms with van der Waals surface area (Å²) in [5.41, 5.74) is 1.59. The number of amidine groups is 1. The molecule has 1 unspecified atom stereocenters. The highest BCUT2D eigenvalue weighted by atomic mass is 32.2. The van der Waals surface area contributed by atoms with E-state index >= 15 is 0 Å². The van der Waals surface area contributed by atoms with Gasteiger partial charge in [0.05, 0.1) is 12.0 Å². The first-order chi connectivity index (χ1) is 14.4. The van der Waals surface area contributed by atoms with Gasteiger partial charge in [-0.25, -0.2) is 8.42 Å². The second kappa shape index (κ2) is 9.75. The van der Waals surface area contributed by atoms with Gasteiger partial charge in [0.1, 0.15) is 17.6 Å². The number of aliphatic imine (C=N–C) groups is 1. The summed E-state index contributed by atoms with van der Waals surface area (Å²) in [6.07, 6.45) is 2.98. The van der Waals surface area contributed by atoms with Crippen LogP contribution in [0.4, 0.5) is 0 Å². The van der Waals surface area contributed by atoms with Crippen LogP contribution in [0, 0.1) is 0 Å². The minimum Gasteiger partial charge on any atom is -0.497 e. The molecule has 0 aliphatic carbocycles. The van der Waals surface area contributed by atoms with Gasteiger partial charge in [-0.2, -0.15) is 0 Å². The summed E-state index contributed by atoms with van der Waals surface area (Å²) in [6, 6.07) is 13.7. The molecule has 7 nitrogen and oxygen atoms in total. The lowest BCUT2D eigenvalue weighted by molar-refractivity contribution is -0.122. The summed E-state index contributed by atoms with van der Waals surface area (Å²) in [5, 5.41) is 2.93. The minimum absolute atomic E-state index is 0.193. The van der Waals surface area contributed by atoms with Crippen LogP contribution in [0.1, 0.15) is 37.3 Å². The third-order valence-electron chi connectivity index (χ3n) is 4.95. The molecular formula is C22H27N3O4S. The largest absolute Gasteiger partial charge is 0.497 e. The summed E-state index contributed by atoms with van der Waals surface area (Å²) in [6.45, 7) is 2.51. The SMILES string of the molecule is CCCCC(N=C1NS(=O)(=O)c2ccccc21)C(=O)NCCc1ccc(OC)cc1. The lowest BCUT2D eigenvalue weighted by atomic mass is 10.1. The van der Waals surface area contributed by atoms with Crippen LogP contribution in [0.3, 0.4) is 0 Å². The van der Waals surface area contributed by atoms with Gasteiger partial charge in [-0.1, -0.05) is 44.0 Å². The van der Waals surface area contributed by atoms with Crippen molar-refractivity contribution >= 4 is 21.8 Å². The van der Waals surface area contributed by atoms with Crippen LogP contribution in [0.5, 0.6) is 5.75 Å². The molecule has 2 N–H and O–H groups in total. The summed E-state index contributed by atoms with van der Waals surface area (Å²) in [7, 11) is -2.01. The van der Waals surface area contributed by atoms with Crippen molar-refractivity contribution in [2.24, 2.45) is 4.99 Å². The van der Waals surface area contributed by atoms with Crippen molar-refractivity contribution in [1.29, 1.82) is 0 Å². The number of ether oxygens (including phenoxy) is 1. The predicted molar refractivity (Wildman–Crippen MR) is 116 cm³/mol. The summed E-state index contributed by atoms with van der Waals surface area (Å²) in [5.74, 6) is 0.822. The molecule has 0 bridgehead atoms. The van der Waals surface area contributed by atoms with E-state index in [-0.39, 0.29) is 16.6 Å². The Balaban J connectivity index is 1.69. The van der Waals surface area contributed by atoms with E-state index in [4.69, 9.17) is 4.74 Å². The van der Waals surface area contributed by atoms with Crippen molar-refractivity contribution in [2.75, 3.05) is 13.7 Å². The molecule has 0 fully saturated rings. The quantitative estimate of drug-likeness (QED) is 0.640. The van der Waals surface area contributed by atoms with Crippen LogP contribution in [-0.4, -0.2) is 39.9 Å². The van der Waals surface area contributed by atoms with Crippen molar-refractivity contribution in [2.45, 2.75) is 43.5 Å². The Morgan fingerprint density at radius 3 is 2.60 bits per heavy atom. The first-order valence-corrected chi connectivity index (χ1v) is 11.5. The predicted octanol–water partition coefficient (Wildman–Crippen LogP) is 2.65. The monoisotopic (exact) mass is 429 g/mol. The number of methoxy groups -OCH3 is 1. The van der Waals surface area contributed by atoms with Crippen molar-refractivity contribution < 1.29 is 17.9 Å². The maximum absolute atomic E-state index is 12.8. The van der Waals surface area contributed by atoms with Gasteiger partial charge in [0.2, 0.25) is 5.91 Å². The second-order valence-electron chi connectivity index (χ2n) is 7.13. The number of sulfonamides is 1. The highest BCUT2D eigenvalue weighted by molar-refractivity contribution is 7.90. The zero-order chi connectivity index (χ0) is 21.6. The topological polar surface area (TPSA) is 96.9 Å². The molecule has 0 aromatic heterocycles. The number of nitrogens with one attached hydrogen (secondary N) is 2. The molecule has 1 amide bonds. The number of carbonyl (C=O) groups excluding carboxylic acids is 1. The number of rotatable bonds is 9. The Hall–Kier alpha value is -2.87. The van der Waals surface area contributed by atoms with Gasteiger partial charge in [0, 0.05) is 12.1 Å². The van der Waals surface area contributed by atoms with E-state index in [1.54, 1.807) is 25.3 Å². The van der Waals surface area contributed by atoms with Crippen molar-refractivity contribution in [3.8, 4) is 5.75 Å². The fraction of sp³-hybridized carbons (Fsp3) is 0.364. The zero-order valence-electron chi connectivity index (χ0n) is 17.2. The average molecular weight is 430 g/mol. The van der Waals surface area contributed by atoms with Gasteiger partial charge in [-0.3, -0.25) is 14.5 Å². The molecule has 0 radical (unpaired) electrons. The van der Waals surface area contributed by atoms with E-state index < -0.39 is 16.1 Å². The summed E-state index contributed by atoms with van der Waals surface area (Å²) >= 11 is 0. The number of nitrogens with zero attached hydrogens (tertiary/aromatic N) is 1. The minimum atomic E-state index is -3.63. The molecule has 1 aliphatic rings. The zero-order valence-corrected chi connectivity index (χ0v) is 18.0. The van der Waals surface area contributed by atoms with Gasteiger partial charge < -0.3 is 10.1 Å². The molecule has 0 saturated carbocycles. The lowest BCUT2D eigenvalue weighted by Gasteiger charge is -2.14. The molecular weight excluding hydrogens is 402 g/mol. The molecule has 2 aromatic rings.